The number of hydrogen-bond acceptors (Lipinski definition) is 8. The van der Waals surface area contributed by atoms with Gasteiger partial charge >= 0.3 is 6.18 Å². The Morgan fingerprint density at radius 2 is 1.97 bits per heavy atom. The van der Waals surface area contributed by atoms with Crippen molar-refractivity contribution in [2.45, 2.75) is 58.3 Å². The van der Waals surface area contributed by atoms with Gasteiger partial charge in [0.05, 0.1) is 22.6 Å². The fraction of sp³-hybridized carbons (Fsp3) is 0.435. The van der Waals surface area contributed by atoms with Crippen LogP contribution in [0.3, 0.4) is 0 Å². The summed E-state index contributed by atoms with van der Waals surface area (Å²) >= 11 is 0. The van der Waals surface area contributed by atoms with Crippen LogP contribution in [0.25, 0.3) is 33.7 Å². The molecule has 4 aromatic rings. The molecule has 9 nitrogen and oxygen atoms in total. The number of aromatic nitrogens is 6. The Hall–Kier alpha value is -3.54. The normalized spacial score (nSPS) is 18.2. The third kappa shape index (κ3) is 4.45. The molecule has 0 aliphatic carbocycles. The van der Waals surface area contributed by atoms with Crippen molar-refractivity contribution in [1.29, 1.82) is 0 Å². The number of hydrogen-bond donors (Lipinski definition) is 3. The van der Waals surface area contributed by atoms with Crippen molar-refractivity contribution in [1.82, 2.24) is 35.6 Å². The highest BCUT2D eigenvalue weighted by atomic mass is 19.4. The second-order valence-corrected chi connectivity index (χ2v) is 9.46. The Balaban J connectivity index is 1.53. The monoisotopic (exact) mass is 486 g/mol. The number of nitrogens with zero attached hydrogens (tertiary/aromatic N) is 5. The zero-order valence-corrected chi connectivity index (χ0v) is 19.7. The lowest BCUT2D eigenvalue weighted by molar-refractivity contribution is -0.137. The molecule has 4 aromatic heterocycles. The topological polar surface area (TPSA) is 117 Å². The van der Waals surface area contributed by atoms with Crippen molar-refractivity contribution in [3.63, 3.8) is 0 Å². The van der Waals surface area contributed by atoms with E-state index >= 15 is 0 Å². The quantitative estimate of drug-likeness (QED) is 0.382. The zero-order chi connectivity index (χ0) is 25.0. The predicted octanol–water partition coefficient (Wildman–Crippen LogP) is 4.65. The lowest BCUT2D eigenvalue weighted by Gasteiger charge is -2.36. The first-order valence-electron chi connectivity index (χ1n) is 11.3. The molecule has 0 bridgehead atoms. The van der Waals surface area contributed by atoms with E-state index in [0.29, 0.717) is 29.1 Å². The standard InChI is InChI=1S/C23H25F3N8O/c1-11-17(12(2)35-34-11)16-6-5-14-18(32-33-20(14)30-16)19-15(23(24,25)26)10-27-21(31-19)29-13-7-8-22(3,4)28-9-13/h5-6,10,13,28H,7-9H2,1-4H3,(H,27,29,31)(H,30,32,33)/t13-/m0/s1. The van der Waals surface area contributed by atoms with Gasteiger partial charge in [-0.25, -0.2) is 15.0 Å². The summed E-state index contributed by atoms with van der Waals surface area (Å²) in [6, 6.07) is 3.38. The first kappa shape index (κ1) is 23.2. The second-order valence-electron chi connectivity index (χ2n) is 9.46. The Bertz CT molecular complexity index is 1360. The highest BCUT2D eigenvalue weighted by molar-refractivity contribution is 5.92. The van der Waals surface area contributed by atoms with Gasteiger partial charge in [-0.15, -0.1) is 0 Å². The van der Waals surface area contributed by atoms with Crippen molar-refractivity contribution in [2.24, 2.45) is 0 Å². The minimum absolute atomic E-state index is 0.00500. The summed E-state index contributed by atoms with van der Waals surface area (Å²) in [5, 5.41) is 17.8. The molecule has 3 N–H and O–H groups in total. The van der Waals surface area contributed by atoms with Crippen molar-refractivity contribution in [3.05, 3.63) is 35.3 Å². The summed E-state index contributed by atoms with van der Waals surface area (Å²) in [5.74, 6) is 0.721. The summed E-state index contributed by atoms with van der Waals surface area (Å²) in [5.41, 5.74) is 1.13. The first-order chi connectivity index (χ1) is 16.5. The molecule has 1 atom stereocenters. The maximum Gasteiger partial charge on any atom is 0.420 e. The van der Waals surface area contributed by atoms with Gasteiger partial charge in [-0.3, -0.25) is 5.10 Å². The number of piperidine rings is 1. The van der Waals surface area contributed by atoms with Gasteiger partial charge in [0.25, 0.3) is 0 Å². The number of aryl methyl sites for hydroxylation is 2. The fourth-order valence-electron chi connectivity index (χ4n) is 4.35. The van der Waals surface area contributed by atoms with Gasteiger partial charge in [-0.2, -0.15) is 18.3 Å². The summed E-state index contributed by atoms with van der Waals surface area (Å²) in [6.07, 6.45) is -2.07. The molecule has 1 aliphatic rings. The average molecular weight is 487 g/mol. The molecule has 0 aromatic carbocycles. The van der Waals surface area contributed by atoms with E-state index in [1.165, 1.54) is 0 Å². The van der Waals surface area contributed by atoms with Crippen LogP contribution in [0.1, 0.15) is 43.7 Å². The highest BCUT2D eigenvalue weighted by Crippen LogP contribution is 2.38. The van der Waals surface area contributed by atoms with E-state index in [4.69, 9.17) is 4.52 Å². The molecule has 5 rings (SSSR count). The van der Waals surface area contributed by atoms with Crippen LogP contribution in [0.4, 0.5) is 19.1 Å². The molecular weight excluding hydrogens is 461 g/mol. The number of halogens is 3. The van der Waals surface area contributed by atoms with E-state index in [9.17, 15) is 13.2 Å². The molecule has 0 radical (unpaired) electrons. The third-order valence-corrected chi connectivity index (χ3v) is 6.32. The molecule has 0 amide bonds. The summed E-state index contributed by atoms with van der Waals surface area (Å²) < 4.78 is 46.8. The summed E-state index contributed by atoms with van der Waals surface area (Å²) in [7, 11) is 0. The average Bonchev–Trinajstić information content (AvgIpc) is 3.36. The molecule has 0 unspecified atom stereocenters. The minimum Gasteiger partial charge on any atom is -0.361 e. The summed E-state index contributed by atoms with van der Waals surface area (Å²) in [4.78, 5) is 12.7. The number of H-pyrrole nitrogens is 1. The number of nitrogens with one attached hydrogen (secondary N) is 3. The SMILES string of the molecule is Cc1noc(C)c1-c1ccc2c(-c3nc(N[C@H]4CCC(C)(C)NC4)ncc3C(F)(F)F)[nH]nc2n1. The van der Waals surface area contributed by atoms with Gasteiger partial charge in [0.15, 0.2) is 5.65 Å². The van der Waals surface area contributed by atoms with Gasteiger partial charge in [-0.05, 0) is 52.7 Å². The number of pyridine rings is 1. The van der Waals surface area contributed by atoms with E-state index in [1.807, 2.05) is 0 Å². The number of alkyl halides is 3. The van der Waals surface area contributed by atoms with Crippen LogP contribution in [0, 0.1) is 13.8 Å². The van der Waals surface area contributed by atoms with Crippen molar-refractivity contribution in [3.8, 4) is 22.6 Å². The number of rotatable bonds is 4. The van der Waals surface area contributed by atoms with Crippen molar-refractivity contribution < 1.29 is 17.7 Å². The van der Waals surface area contributed by atoms with E-state index in [2.05, 4.69) is 54.8 Å². The Morgan fingerprint density at radius 1 is 1.17 bits per heavy atom. The van der Waals surface area contributed by atoms with Gasteiger partial charge in [0.2, 0.25) is 5.95 Å². The molecule has 35 heavy (non-hydrogen) atoms. The highest BCUT2D eigenvalue weighted by Gasteiger charge is 2.37. The molecule has 1 fully saturated rings. The van der Waals surface area contributed by atoms with E-state index in [0.717, 1.165) is 24.6 Å². The first-order valence-corrected chi connectivity index (χ1v) is 11.3. The van der Waals surface area contributed by atoms with E-state index in [1.54, 1.807) is 26.0 Å². The van der Waals surface area contributed by atoms with Crippen LogP contribution in [-0.2, 0) is 6.18 Å². The van der Waals surface area contributed by atoms with Gasteiger partial charge < -0.3 is 15.2 Å². The lowest BCUT2D eigenvalue weighted by atomic mass is 9.91. The van der Waals surface area contributed by atoms with Crippen molar-refractivity contribution in [2.75, 3.05) is 11.9 Å². The molecule has 12 heteroatoms. The van der Waals surface area contributed by atoms with Crippen LogP contribution in [0.15, 0.2) is 22.9 Å². The lowest BCUT2D eigenvalue weighted by Crippen LogP contribution is -2.50. The molecule has 184 valence electrons. The number of anilines is 1. The molecule has 1 aliphatic heterocycles. The Labute approximate surface area is 198 Å². The smallest absolute Gasteiger partial charge is 0.361 e. The maximum absolute atomic E-state index is 13.9. The molecule has 5 heterocycles. The summed E-state index contributed by atoms with van der Waals surface area (Å²) in [6.45, 7) is 8.45. The van der Waals surface area contributed by atoms with Gasteiger partial charge in [-0.1, -0.05) is 5.16 Å². The number of aromatic amines is 1. The Kier molecular flexibility index (Phi) is 5.50. The van der Waals surface area contributed by atoms with E-state index < -0.39 is 11.7 Å². The van der Waals surface area contributed by atoms with Crippen LogP contribution < -0.4 is 10.6 Å². The maximum atomic E-state index is 13.9. The fourth-order valence-corrected chi connectivity index (χ4v) is 4.35. The van der Waals surface area contributed by atoms with E-state index in [-0.39, 0.29) is 34.6 Å². The van der Waals surface area contributed by atoms with Crippen LogP contribution in [0.5, 0.6) is 0 Å². The molecule has 1 saturated heterocycles. The minimum atomic E-state index is -4.65. The van der Waals surface area contributed by atoms with Crippen LogP contribution >= 0.6 is 0 Å². The largest absolute Gasteiger partial charge is 0.420 e. The van der Waals surface area contributed by atoms with Crippen molar-refractivity contribution >= 4 is 17.0 Å². The molecule has 0 spiro atoms. The van der Waals surface area contributed by atoms with Crippen LogP contribution in [0.2, 0.25) is 0 Å². The van der Waals surface area contributed by atoms with Crippen LogP contribution in [-0.4, -0.2) is 48.4 Å². The second kappa shape index (κ2) is 8.29. The molecular formula is C23H25F3N8O. The van der Waals surface area contributed by atoms with Gasteiger partial charge in [0, 0.05) is 29.7 Å². The predicted molar refractivity (Wildman–Crippen MR) is 124 cm³/mol. The zero-order valence-electron chi connectivity index (χ0n) is 19.7. The van der Waals surface area contributed by atoms with Gasteiger partial charge in [0.1, 0.15) is 17.0 Å². The number of fused-ring (bicyclic) bond motifs is 1. The molecule has 0 saturated carbocycles. The third-order valence-electron chi connectivity index (χ3n) is 6.32. The Morgan fingerprint density at radius 3 is 2.63 bits per heavy atom.